The molecule has 1 aromatic heterocycles. The number of alkyl halides is 2. The summed E-state index contributed by atoms with van der Waals surface area (Å²) >= 11 is 0. The third-order valence-electron chi connectivity index (χ3n) is 3.42. The van der Waals surface area contributed by atoms with Crippen molar-refractivity contribution in [3.8, 4) is 0 Å². The lowest BCUT2D eigenvalue weighted by Gasteiger charge is -2.20. The standard InChI is InChI=1S/C16H17F2N3O/c1-10-4-5-14(11(2)6-10)16(17,18)9-19-15(22)13-8-21-20-7-12(13)3/h4-8H,9H2,1-3H3,(H,19,22). The second-order valence-corrected chi connectivity index (χ2v) is 5.29. The SMILES string of the molecule is Cc1ccc(C(F)(F)CNC(=O)c2cnncc2C)c(C)c1. The summed E-state index contributed by atoms with van der Waals surface area (Å²) < 4.78 is 28.6. The quantitative estimate of drug-likeness (QED) is 0.945. The van der Waals surface area contributed by atoms with Gasteiger partial charge in [-0.1, -0.05) is 23.8 Å². The van der Waals surface area contributed by atoms with Crippen LogP contribution >= 0.6 is 0 Å². The molecule has 2 rings (SSSR count). The Morgan fingerprint density at radius 3 is 2.45 bits per heavy atom. The predicted molar refractivity (Wildman–Crippen MR) is 78.9 cm³/mol. The number of aromatic nitrogens is 2. The average Bonchev–Trinajstić information content (AvgIpc) is 2.45. The van der Waals surface area contributed by atoms with Crippen molar-refractivity contribution < 1.29 is 13.6 Å². The van der Waals surface area contributed by atoms with Gasteiger partial charge in [0, 0.05) is 5.56 Å². The van der Waals surface area contributed by atoms with Crippen molar-refractivity contribution in [2.75, 3.05) is 6.54 Å². The van der Waals surface area contributed by atoms with Gasteiger partial charge in [-0.05, 0) is 31.9 Å². The van der Waals surface area contributed by atoms with Crippen LogP contribution in [0.1, 0.15) is 32.6 Å². The Kier molecular flexibility index (Phi) is 4.49. The average molecular weight is 305 g/mol. The second-order valence-electron chi connectivity index (χ2n) is 5.29. The highest BCUT2D eigenvalue weighted by molar-refractivity contribution is 5.95. The monoisotopic (exact) mass is 305 g/mol. The van der Waals surface area contributed by atoms with Crippen LogP contribution in [0.4, 0.5) is 8.78 Å². The van der Waals surface area contributed by atoms with E-state index in [1.165, 1.54) is 18.5 Å². The van der Waals surface area contributed by atoms with E-state index in [0.717, 1.165) is 5.56 Å². The van der Waals surface area contributed by atoms with Gasteiger partial charge in [0.15, 0.2) is 0 Å². The summed E-state index contributed by atoms with van der Waals surface area (Å²) in [6.45, 7) is 4.38. The van der Waals surface area contributed by atoms with Crippen LogP contribution in [0.3, 0.4) is 0 Å². The fourth-order valence-electron chi connectivity index (χ4n) is 2.23. The number of halogens is 2. The highest BCUT2D eigenvalue weighted by atomic mass is 19.3. The fourth-order valence-corrected chi connectivity index (χ4v) is 2.23. The molecule has 0 bridgehead atoms. The number of rotatable bonds is 4. The Morgan fingerprint density at radius 2 is 1.82 bits per heavy atom. The third-order valence-corrected chi connectivity index (χ3v) is 3.42. The van der Waals surface area contributed by atoms with Crippen LogP contribution in [0.2, 0.25) is 0 Å². The summed E-state index contributed by atoms with van der Waals surface area (Å²) in [4.78, 5) is 12.0. The zero-order chi connectivity index (χ0) is 16.3. The summed E-state index contributed by atoms with van der Waals surface area (Å²) in [5.41, 5.74) is 2.16. The summed E-state index contributed by atoms with van der Waals surface area (Å²) in [5.74, 6) is -3.72. The molecule has 0 atom stereocenters. The molecule has 22 heavy (non-hydrogen) atoms. The maximum atomic E-state index is 14.3. The maximum absolute atomic E-state index is 14.3. The number of nitrogens with one attached hydrogen (secondary N) is 1. The van der Waals surface area contributed by atoms with Crippen LogP contribution in [0, 0.1) is 20.8 Å². The van der Waals surface area contributed by atoms with E-state index < -0.39 is 18.4 Å². The van der Waals surface area contributed by atoms with Gasteiger partial charge in [0.2, 0.25) is 0 Å². The van der Waals surface area contributed by atoms with Crippen molar-refractivity contribution in [1.82, 2.24) is 15.5 Å². The summed E-state index contributed by atoms with van der Waals surface area (Å²) in [5, 5.41) is 9.48. The molecular formula is C16H17F2N3O. The molecule has 0 saturated heterocycles. The van der Waals surface area contributed by atoms with Crippen molar-refractivity contribution in [3.63, 3.8) is 0 Å². The highest BCUT2D eigenvalue weighted by Gasteiger charge is 2.33. The molecule has 4 nitrogen and oxygen atoms in total. The first-order valence-corrected chi connectivity index (χ1v) is 6.82. The molecule has 0 unspecified atom stereocenters. The molecule has 0 aliphatic heterocycles. The van der Waals surface area contributed by atoms with E-state index in [4.69, 9.17) is 0 Å². The van der Waals surface area contributed by atoms with Crippen LogP contribution in [0.15, 0.2) is 30.6 Å². The van der Waals surface area contributed by atoms with E-state index in [9.17, 15) is 13.6 Å². The normalized spacial score (nSPS) is 11.3. The molecule has 1 heterocycles. The molecule has 0 aliphatic rings. The first kappa shape index (κ1) is 16.0. The minimum absolute atomic E-state index is 0.0806. The van der Waals surface area contributed by atoms with Gasteiger partial charge in [0.1, 0.15) is 0 Å². The van der Waals surface area contributed by atoms with E-state index >= 15 is 0 Å². The topological polar surface area (TPSA) is 54.9 Å². The largest absolute Gasteiger partial charge is 0.346 e. The Balaban J connectivity index is 2.13. The summed E-state index contributed by atoms with van der Waals surface area (Å²) in [6, 6.07) is 4.73. The van der Waals surface area contributed by atoms with Gasteiger partial charge in [-0.25, -0.2) is 0 Å². The van der Waals surface area contributed by atoms with Crippen molar-refractivity contribution >= 4 is 5.91 Å². The van der Waals surface area contributed by atoms with Gasteiger partial charge in [-0.15, -0.1) is 0 Å². The van der Waals surface area contributed by atoms with E-state index in [-0.39, 0.29) is 11.1 Å². The van der Waals surface area contributed by atoms with Gasteiger partial charge in [0.25, 0.3) is 11.8 Å². The summed E-state index contributed by atoms with van der Waals surface area (Å²) in [7, 11) is 0. The van der Waals surface area contributed by atoms with E-state index in [1.807, 2.05) is 6.92 Å². The summed E-state index contributed by atoms with van der Waals surface area (Å²) in [6.07, 6.45) is 2.68. The lowest BCUT2D eigenvalue weighted by atomic mass is 10.00. The fraction of sp³-hybridized carbons (Fsp3) is 0.312. The van der Waals surface area contributed by atoms with Crippen LogP contribution in [0.25, 0.3) is 0 Å². The molecule has 0 fully saturated rings. The molecule has 0 aliphatic carbocycles. The molecule has 0 saturated carbocycles. The molecule has 2 aromatic rings. The van der Waals surface area contributed by atoms with E-state index in [0.29, 0.717) is 11.1 Å². The Morgan fingerprint density at radius 1 is 1.14 bits per heavy atom. The van der Waals surface area contributed by atoms with Crippen molar-refractivity contribution in [2.24, 2.45) is 0 Å². The molecule has 1 N–H and O–H groups in total. The Labute approximate surface area is 127 Å². The zero-order valence-corrected chi connectivity index (χ0v) is 12.7. The third kappa shape index (κ3) is 3.44. The van der Waals surface area contributed by atoms with Gasteiger partial charge in [-0.3, -0.25) is 4.79 Å². The number of amides is 1. The van der Waals surface area contributed by atoms with Gasteiger partial charge < -0.3 is 5.32 Å². The molecule has 0 radical (unpaired) electrons. The van der Waals surface area contributed by atoms with Crippen LogP contribution in [-0.2, 0) is 5.92 Å². The van der Waals surface area contributed by atoms with Crippen LogP contribution in [-0.4, -0.2) is 22.6 Å². The van der Waals surface area contributed by atoms with E-state index in [1.54, 1.807) is 26.0 Å². The van der Waals surface area contributed by atoms with E-state index in [2.05, 4.69) is 15.5 Å². The smallest absolute Gasteiger partial charge is 0.290 e. The highest BCUT2D eigenvalue weighted by Crippen LogP contribution is 2.30. The lowest BCUT2D eigenvalue weighted by molar-refractivity contribution is -0.00308. The number of carbonyl (C=O) groups is 1. The lowest BCUT2D eigenvalue weighted by Crippen LogP contribution is -2.35. The van der Waals surface area contributed by atoms with Crippen LogP contribution in [0.5, 0.6) is 0 Å². The molecule has 116 valence electrons. The van der Waals surface area contributed by atoms with Crippen LogP contribution < -0.4 is 5.32 Å². The molecule has 6 heteroatoms. The molecule has 1 amide bonds. The van der Waals surface area contributed by atoms with Gasteiger partial charge >= 0.3 is 0 Å². The number of nitrogens with zero attached hydrogens (tertiary/aromatic N) is 2. The Bertz CT molecular complexity index is 702. The molecular weight excluding hydrogens is 288 g/mol. The predicted octanol–water partition coefficient (Wildman–Crippen LogP) is 2.92. The first-order valence-electron chi connectivity index (χ1n) is 6.82. The molecule has 1 aromatic carbocycles. The number of aryl methyl sites for hydroxylation is 3. The van der Waals surface area contributed by atoms with Crippen molar-refractivity contribution in [3.05, 3.63) is 58.4 Å². The second kappa shape index (κ2) is 6.17. The number of carbonyl (C=O) groups excluding carboxylic acids is 1. The molecule has 0 spiro atoms. The van der Waals surface area contributed by atoms with Gasteiger partial charge in [0.05, 0.1) is 24.5 Å². The van der Waals surface area contributed by atoms with Crippen molar-refractivity contribution in [1.29, 1.82) is 0 Å². The maximum Gasteiger partial charge on any atom is 0.290 e. The zero-order valence-electron chi connectivity index (χ0n) is 12.7. The number of hydrogen-bond acceptors (Lipinski definition) is 3. The minimum Gasteiger partial charge on any atom is -0.346 e. The number of benzene rings is 1. The van der Waals surface area contributed by atoms with Crippen molar-refractivity contribution in [2.45, 2.75) is 26.7 Å². The first-order chi connectivity index (χ1) is 10.3. The van der Waals surface area contributed by atoms with Gasteiger partial charge in [-0.2, -0.15) is 19.0 Å². The number of hydrogen-bond donors (Lipinski definition) is 1. The Hall–Kier alpha value is -2.37. The minimum atomic E-state index is -3.14.